The topological polar surface area (TPSA) is 322 Å². The van der Waals surface area contributed by atoms with Gasteiger partial charge in [-0.05, 0) is 0 Å². The summed E-state index contributed by atoms with van der Waals surface area (Å²) in [6.45, 7) is -2.32. The van der Waals surface area contributed by atoms with Gasteiger partial charge in [0, 0.05) is 0 Å². The van der Waals surface area contributed by atoms with Crippen LogP contribution in [-0.2, 0) is 28.6 Å². The lowest BCUT2D eigenvalue weighted by Gasteiger charge is -2.43. The summed E-state index contributed by atoms with van der Waals surface area (Å²) in [5.41, 5.74) is -2.74. The normalized spacial score (nSPS) is 36.6. The quantitative estimate of drug-likeness (QED) is 0.124. The van der Waals surface area contributed by atoms with E-state index in [-0.39, 0.29) is 0 Å². The van der Waals surface area contributed by atoms with Crippen LogP contribution in [0, 0.1) is 0 Å². The van der Waals surface area contributed by atoms with Crippen molar-refractivity contribution in [3.05, 3.63) is 0 Å². The summed E-state index contributed by atoms with van der Waals surface area (Å²) in [5.74, 6) is -7.24. The monoisotopic (exact) mass is 534 g/mol. The molecule has 210 valence electrons. The molecule has 0 bridgehead atoms. The Kier molecular flexibility index (Phi) is 11.5. The van der Waals surface area contributed by atoms with Crippen LogP contribution in [0.1, 0.15) is 12.8 Å². The van der Waals surface area contributed by atoms with Crippen molar-refractivity contribution in [1.82, 2.24) is 0 Å². The van der Waals surface area contributed by atoms with Crippen LogP contribution in [0.5, 0.6) is 0 Å². The number of carboxylic acid groups (broad SMARTS) is 3. The van der Waals surface area contributed by atoms with Gasteiger partial charge in [-0.1, -0.05) is 0 Å². The van der Waals surface area contributed by atoms with Gasteiger partial charge in [0.25, 0.3) is 0 Å². The Bertz CT molecular complexity index is 742. The highest BCUT2D eigenvalue weighted by Crippen LogP contribution is 2.35. The lowest BCUT2D eigenvalue weighted by atomic mass is 9.96. The lowest BCUT2D eigenvalue weighted by Crippen LogP contribution is -2.62. The molecule has 1 unspecified atom stereocenters. The minimum atomic E-state index is -2.74. The molecule has 2 fully saturated rings. The summed E-state index contributed by atoms with van der Waals surface area (Å²) in [7, 11) is 0. The van der Waals surface area contributed by atoms with Gasteiger partial charge in [-0.15, -0.1) is 0 Å². The van der Waals surface area contributed by atoms with Gasteiger partial charge in [-0.3, -0.25) is 9.59 Å². The molecule has 2 heterocycles. The third kappa shape index (κ3) is 7.25. The molecular formula is C18H30O18. The highest BCUT2D eigenvalue weighted by molar-refractivity contribution is 5.88. The van der Waals surface area contributed by atoms with E-state index in [2.05, 4.69) is 0 Å². The number of hydrogen-bond acceptors (Lipinski definition) is 15. The molecule has 0 aliphatic carbocycles. The standard InChI is InChI=1S/C12H22O11.C6H8O7/c13-1-4-6(16)8(18)9(19)11(21-4)23-12(3-15)10(20)7(17)5(2-14)22-12;7-3(8)1-6(13,5(11)12)2-4(9)10/h4-11,13-20H,1-3H2;13H,1-2H2,(H,7,8)(H,9,10)(H,11,12)/t4-,5-,6-,7-,8+,9-,10+,11-,12?;/m1./s1. The Morgan fingerprint density at radius 1 is 0.778 bits per heavy atom. The Hall–Kier alpha value is -2.07. The molecule has 0 aromatic heterocycles. The van der Waals surface area contributed by atoms with Crippen molar-refractivity contribution in [3.63, 3.8) is 0 Å². The first-order valence-electron chi connectivity index (χ1n) is 10.2. The van der Waals surface area contributed by atoms with Gasteiger partial charge in [0.1, 0.15) is 49.3 Å². The zero-order valence-electron chi connectivity index (χ0n) is 18.5. The fourth-order valence-corrected chi connectivity index (χ4v) is 3.35. The minimum Gasteiger partial charge on any atom is -0.481 e. The number of rotatable bonds is 10. The molecule has 2 rings (SSSR count). The second-order valence-corrected chi connectivity index (χ2v) is 8.04. The van der Waals surface area contributed by atoms with Crippen LogP contribution in [0.3, 0.4) is 0 Å². The van der Waals surface area contributed by atoms with Crippen LogP contribution in [0.25, 0.3) is 0 Å². The molecule has 0 radical (unpaired) electrons. The van der Waals surface area contributed by atoms with E-state index in [1.165, 1.54) is 0 Å². The van der Waals surface area contributed by atoms with Gasteiger partial charge >= 0.3 is 17.9 Å². The van der Waals surface area contributed by atoms with E-state index < -0.39 is 111 Å². The van der Waals surface area contributed by atoms with Crippen LogP contribution >= 0.6 is 0 Å². The Morgan fingerprint density at radius 3 is 1.64 bits per heavy atom. The highest BCUT2D eigenvalue weighted by Gasteiger charge is 2.58. The maximum absolute atomic E-state index is 10.3. The highest BCUT2D eigenvalue weighted by atomic mass is 16.8. The number of aliphatic carboxylic acids is 3. The molecule has 36 heavy (non-hydrogen) atoms. The molecule has 2 aliphatic heterocycles. The molecule has 0 saturated carbocycles. The molecule has 0 amide bonds. The van der Waals surface area contributed by atoms with E-state index in [1.807, 2.05) is 0 Å². The molecular weight excluding hydrogens is 504 g/mol. The number of aliphatic hydroxyl groups excluding tert-OH is 8. The minimum absolute atomic E-state index is 0.669. The number of carboxylic acids is 3. The van der Waals surface area contributed by atoms with Crippen LogP contribution in [0.2, 0.25) is 0 Å². The molecule has 18 heteroatoms. The van der Waals surface area contributed by atoms with Crippen molar-refractivity contribution >= 4 is 17.9 Å². The van der Waals surface area contributed by atoms with Crippen molar-refractivity contribution < 1.29 is 89.9 Å². The summed E-state index contributed by atoms with van der Waals surface area (Å²) in [6.07, 6.45) is -14.9. The van der Waals surface area contributed by atoms with Crippen molar-refractivity contribution in [3.8, 4) is 0 Å². The van der Waals surface area contributed by atoms with Gasteiger partial charge in [-0.25, -0.2) is 4.79 Å². The SMILES string of the molecule is O=C(O)CC(O)(CC(=O)O)C(=O)O.OC[C@H]1OC(CO)(O[C@H]2O[C@H](CO)[C@@H](O)[C@H](O)[C@H]2O)[C@@H](O)[C@@H]1O. The van der Waals surface area contributed by atoms with Gasteiger partial charge in [0.05, 0.1) is 26.1 Å². The fraction of sp³-hybridized carbons (Fsp3) is 0.833. The molecule has 0 aromatic rings. The third-order valence-electron chi connectivity index (χ3n) is 5.36. The first-order valence-corrected chi connectivity index (χ1v) is 10.2. The largest absolute Gasteiger partial charge is 0.481 e. The first-order chi connectivity index (χ1) is 16.6. The average Bonchev–Trinajstić information content (AvgIpc) is 3.03. The maximum atomic E-state index is 10.3. The Balaban J connectivity index is 0.000000426. The number of ether oxygens (including phenoxy) is 3. The second kappa shape index (κ2) is 12.9. The zero-order chi connectivity index (χ0) is 28.0. The predicted octanol–water partition coefficient (Wildman–Crippen LogP) is -6.64. The lowest BCUT2D eigenvalue weighted by molar-refractivity contribution is -0.383. The van der Waals surface area contributed by atoms with Crippen LogP contribution < -0.4 is 0 Å². The van der Waals surface area contributed by atoms with Crippen LogP contribution in [0.15, 0.2) is 0 Å². The Labute approximate surface area is 201 Å². The summed E-state index contributed by atoms with van der Waals surface area (Å²) < 4.78 is 15.4. The number of hydrogen-bond donors (Lipinski definition) is 12. The van der Waals surface area contributed by atoms with Gasteiger partial charge in [0.15, 0.2) is 11.9 Å². The molecule has 12 N–H and O–H groups in total. The zero-order valence-corrected chi connectivity index (χ0v) is 18.5. The van der Waals surface area contributed by atoms with Crippen LogP contribution in [0.4, 0.5) is 0 Å². The Morgan fingerprint density at radius 2 is 1.28 bits per heavy atom. The second-order valence-electron chi connectivity index (χ2n) is 8.04. The molecule has 18 nitrogen and oxygen atoms in total. The first kappa shape index (κ1) is 32.0. The van der Waals surface area contributed by atoms with E-state index in [9.17, 15) is 45.0 Å². The predicted molar refractivity (Wildman–Crippen MR) is 106 cm³/mol. The molecule has 0 spiro atoms. The smallest absolute Gasteiger partial charge is 0.336 e. The fourth-order valence-electron chi connectivity index (χ4n) is 3.35. The van der Waals surface area contributed by atoms with E-state index in [0.717, 1.165) is 0 Å². The van der Waals surface area contributed by atoms with Gasteiger partial charge < -0.3 is 75.5 Å². The van der Waals surface area contributed by atoms with E-state index >= 15 is 0 Å². The van der Waals surface area contributed by atoms with Crippen molar-refractivity contribution in [2.75, 3.05) is 19.8 Å². The summed E-state index contributed by atoms with van der Waals surface area (Å²) in [6, 6.07) is 0. The maximum Gasteiger partial charge on any atom is 0.336 e. The van der Waals surface area contributed by atoms with Crippen molar-refractivity contribution in [2.45, 2.75) is 73.2 Å². The van der Waals surface area contributed by atoms with Crippen molar-refractivity contribution in [2.24, 2.45) is 0 Å². The van der Waals surface area contributed by atoms with E-state index in [0.29, 0.717) is 0 Å². The summed E-state index contributed by atoms with van der Waals surface area (Å²) >= 11 is 0. The average molecular weight is 534 g/mol. The molecule has 0 aromatic carbocycles. The summed E-state index contributed by atoms with van der Waals surface area (Å²) in [5, 5.41) is 110. The number of carbonyl (C=O) groups is 3. The molecule has 2 saturated heterocycles. The number of aliphatic hydroxyl groups is 9. The molecule has 2 aliphatic rings. The van der Waals surface area contributed by atoms with E-state index in [1.54, 1.807) is 0 Å². The summed E-state index contributed by atoms with van der Waals surface area (Å²) in [4.78, 5) is 30.5. The van der Waals surface area contributed by atoms with Crippen LogP contribution in [-0.4, -0.2) is 159 Å². The van der Waals surface area contributed by atoms with Gasteiger partial charge in [0.2, 0.25) is 5.79 Å². The van der Waals surface area contributed by atoms with Crippen molar-refractivity contribution in [1.29, 1.82) is 0 Å². The van der Waals surface area contributed by atoms with Gasteiger partial charge in [-0.2, -0.15) is 0 Å². The molecule has 9 atom stereocenters. The third-order valence-corrected chi connectivity index (χ3v) is 5.36. The van der Waals surface area contributed by atoms with E-state index in [4.69, 9.17) is 44.8 Å².